The first-order chi connectivity index (χ1) is 13.0. The van der Waals surface area contributed by atoms with Gasteiger partial charge in [0.15, 0.2) is 0 Å². The first-order valence-corrected chi connectivity index (χ1v) is 9.55. The Balaban J connectivity index is 1.68. The lowest BCUT2D eigenvalue weighted by Crippen LogP contribution is -2.52. The number of hydrogen-bond acceptors (Lipinski definition) is 2. The molecule has 0 saturated carbocycles. The zero-order chi connectivity index (χ0) is 19.4. The van der Waals surface area contributed by atoms with Crippen LogP contribution in [-0.2, 0) is 17.6 Å². The number of rotatable bonds is 5. The summed E-state index contributed by atoms with van der Waals surface area (Å²) in [5.74, 6) is -0.0788. The van der Waals surface area contributed by atoms with Gasteiger partial charge in [-0.05, 0) is 48.1 Å². The summed E-state index contributed by atoms with van der Waals surface area (Å²) < 4.78 is 0. The van der Waals surface area contributed by atoms with Crippen molar-refractivity contribution < 1.29 is 9.59 Å². The lowest BCUT2D eigenvalue weighted by atomic mass is 10.0. The number of anilines is 2. The van der Waals surface area contributed by atoms with Crippen LogP contribution in [0.2, 0.25) is 0 Å². The number of amides is 3. The zero-order valence-corrected chi connectivity index (χ0v) is 16.2. The normalized spacial score (nSPS) is 14.0. The van der Waals surface area contributed by atoms with Gasteiger partial charge in [-0.3, -0.25) is 4.79 Å². The molecule has 0 radical (unpaired) electrons. The smallest absolute Gasteiger partial charge is 0.319 e. The highest BCUT2D eigenvalue weighted by Gasteiger charge is 2.32. The summed E-state index contributed by atoms with van der Waals surface area (Å²) in [6.45, 7) is 6.63. The molecule has 0 fully saturated rings. The van der Waals surface area contributed by atoms with Crippen LogP contribution >= 0.6 is 0 Å². The van der Waals surface area contributed by atoms with Crippen LogP contribution in [0, 0.1) is 5.92 Å². The molecule has 1 heterocycles. The Morgan fingerprint density at radius 1 is 1.07 bits per heavy atom. The minimum absolute atomic E-state index is 0.0153. The van der Waals surface area contributed by atoms with E-state index < -0.39 is 6.04 Å². The molecule has 0 unspecified atom stereocenters. The fourth-order valence-corrected chi connectivity index (χ4v) is 3.38. The van der Waals surface area contributed by atoms with E-state index in [-0.39, 0.29) is 17.9 Å². The van der Waals surface area contributed by atoms with Crippen LogP contribution in [0.4, 0.5) is 16.2 Å². The summed E-state index contributed by atoms with van der Waals surface area (Å²) in [7, 11) is 0. The molecule has 142 valence electrons. The van der Waals surface area contributed by atoms with Crippen molar-refractivity contribution in [2.45, 2.75) is 39.7 Å². The van der Waals surface area contributed by atoms with Crippen LogP contribution in [-0.4, -0.2) is 24.5 Å². The van der Waals surface area contributed by atoms with Crippen molar-refractivity contribution in [3.8, 4) is 0 Å². The first kappa shape index (κ1) is 19.0. The van der Waals surface area contributed by atoms with Crippen molar-refractivity contribution in [1.29, 1.82) is 0 Å². The highest BCUT2D eigenvalue weighted by molar-refractivity contribution is 6.02. The lowest BCUT2D eigenvalue weighted by Gasteiger charge is -2.27. The second kappa shape index (κ2) is 8.25. The number of para-hydroxylation sites is 1. The summed E-state index contributed by atoms with van der Waals surface area (Å²) in [5, 5.41) is 5.68. The van der Waals surface area contributed by atoms with Gasteiger partial charge in [0.05, 0.1) is 0 Å². The van der Waals surface area contributed by atoms with E-state index in [0.29, 0.717) is 12.2 Å². The van der Waals surface area contributed by atoms with Crippen LogP contribution in [0.1, 0.15) is 31.9 Å². The van der Waals surface area contributed by atoms with E-state index in [1.807, 2.05) is 62.4 Å². The van der Waals surface area contributed by atoms with Gasteiger partial charge in [-0.1, -0.05) is 51.1 Å². The van der Waals surface area contributed by atoms with E-state index >= 15 is 0 Å². The molecule has 5 heteroatoms. The molecule has 2 N–H and O–H groups in total. The standard InChI is InChI=1S/C22H27N3O2/c1-4-16-9-11-18(12-10-16)23-22(27)24-20(15(2)3)21(26)25-14-13-17-7-5-6-8-19(17)25/h5-12,15,20H,4,13-14H2,1-3H3,(H2,23,24,27)/t20-/m1/s1. The van der Waals surface area contributed by atoms with Gasteiger partial charge >= 0.3 is 6.03 Å². The molecule has 27 heavy (non-hydrogen) atoms. The first-order valence-electron chi connectivity index (χ1n) is 9.55. The molecule has 0 saturated heterocycles. The molecule has 0 aromatic heterocycles. The van der Waals surface area contributed by atoms with Crippen molar-refractivity contribution >= 4 is 23.3 Å². The summed E-state index contributed by atoms with van der Waals surface area (Å²) in [6, 6.07) is 14.7. The van der Waals surface area contributed by atoms with Gasteiger partial charge < -0.3 is 15.5 Å². The number of carbonyl (C=O) groups excluding carboxylic acids is 2. The minimum atomic E-state index is -0.578. The molecule has 2 aromatic carbocycles. The molecule has 0 spiro atoms. The Morgan fingerprint density at radius 3 is 2.44 bits per heavy atom. The van der Waals surface area contributed by atoms with Crippen LogP contribution in [0.25, 0.3) is 0 Å². The molecule has 0 bridgehead atoms. The zero-order valence-electron chi connectivity index (χ0n) is 16.2. The molecule has 1 aliphatic rings. The van der Waals surface area contributed by atoms with Crippen molar-refractivity contribution in [3.05, 3.63) is 59.7 Å². The number of hydrogen-bond donors (Lipinski definition) is 2. The van der Waals surface area contributed by atoms with Gasteiger partial charge in [0.25, 0.3) is 0 Å². The average Bonchev–Trinajstić information content (AvgIpc) is 3.10. The van der Waals surface area contributed by atoms with Crippen LogP contribution in [0.5, 0.6) is 0 Å². The fourth-order valence-electron chi connectivity index (χ4n) is 3.38. The van der Waals surface area contributed by atoms with E-state index in [9.17, 15) is 9.59 Å². The minimum Gasteiger partial charge on any atom is -0.326 e. The molecule has 5 nitrogen and oxygen atoms in total. The molecule has 0 aliphatic carbocycles. The van der Waals surface area contributed by atoms with Crippen molar-refractivity contribution in [3.63, 3.8) is 0 Å². The monoisotopic (exact) mass is 365 g/mol. The highest BCUT2D eigenvalue weighted by Crippen LogP contribution is 2.28. The third-order valence-corrected chi connectivity index (χ3v) is 4.99. The Hall–Kier alpha value is -2.82. The number of nitrogens with zero attached hydrogens (tertiary/aromatic N) is 1. The molecular formula is C22H27N3O2. The van der Waals surface area contributed by atoms with Crippen LogP contribution in [0.15, 0.2) is 48.5 Å². The quantitative estimate of drug-likeness (QED) is 0.842. The number of benzene rings is 2. The number of aryl methyl sites for hydroxylation is 1. The average molecular weight is 365 g/mol. The number of urea groups is 1. The molecule has 1 aliphatic heterocycles. The predicted molar refractivity (Wildman–Crippen MR) is 109 cm³/mol. The topological polar surface area (TPSA) is 61.4 Å². The van der Waals surface area contributed by atoms with Gasteiger partial charge in [-0.15, -0.1) is 0 Å². The predicted octanol–water partition coefficient (Wildman–Crippen LogP) is 3.98. The molecule has 3 amide bonds. The van der Waals surface area contributed by atoms with E-state index in [1.54, 1.807) is 4.90 Å². The van der Waals surface area contributed by atoms with Crippen LogP contribution < -0.4 is 15.5 Å². The molecular weight excluding hydrogens is 338 g/mol. The van der Waals surface area contributed by atoms with Crippen molar-refractivity contribution in [2.24, 2.45) is 5.92 Å². The van der Waals surface area contributed by atoms with E-state index in [2.05, 4.69) is 17.6 Å². The van der Waals surface area contributed by atoms with Crippen molar-refractivity contribution in [1.82, 2.24) is 5.32 Å². The fraction of sp³-hybridized carbons (Fsp3) is 0.364. The Labute approximate surface area is 160 Å². The van der Waals surface area contributed by atoms with E-state index in [4.69, 9.17) is 0 Å². The summed E-state index contributed by atoms with van der Waals surface area (Å²) in [6.07, 6.45) is 1.80. The summed E-state index contributed by atoms with van der Waals surface area (Å²) in [5.41, 5.74) is 4.05. The number of fused-ring (bicyclic) bond motifs is 1. The van der Waals surface area contributed by atoms with Gasteiger partial charge in [-0.2, -0.15) is 0 Å². The van der Waals surface area contributed by atoms with Gasteiger partial charge in [0, 0.05) is 17.9 Å². The summed E-state index contributed by atoms with van der Waals surface area (Å²) >= 11 is 0. The van der Waals surface area contributed by atoms with Crippen molar-refractivity contribution in [2.75, 3.05) is 16.8 Å². The lowest BCUT2D eigenvalue weighted by molar-refractivity contribution is -0.121. The maximum Gasteiger partial charge on any atom is 0.319 e. The number of nitrogens with one attached hydrogen (secondary N) is 2. The molecule has 1 atom stereocenters. The third kappa shape index (κ3) is 4.30. The molecule has 2 aromatic rings. The van der Waals surface area contributed by atoms with E-state index in [1.165, 1.54) is 11.1 Å². The second-order valence-corrected chi connectivity index (χ2v) is 7.24. The number of carbonyl (C=O) groups is 2. The highest BCUT2D eigenvalue weighted by atomic mass is 16.2. The Kier molecular flexibility index (Phi) is 5.79. The maximum atomic E-state index is 13.1. The van der Waals surface area contributed by atoms with Gasteiger partial charge in [0.2, 0.25) is 5.91 Å². The maximum absolute atomic E-state index is 13.1. The van der Waals surface area contributed by atoms with E-state index in [0.717, 1.165) is 18.5 Å². The van der Waals surface area contributed by atoms with Gasteiger partial charge in [0.1, 0.15) is 6.04 Å². The third-order valence-electron chi connectivity index (χ3n) is 4.99. The second-order valence-electron chi connectivity index (χ2n) is 7.24. The molecule has 3 rings (SSSR count). The summed E-state index contributed by atoms with van der Waals surface area (Å²) in [4.78, 5) is 27.3. The Morgan fingerprint density at radius 2 is 1.78 bits per heavy atom. The van der Waals surface area contributed by atoms with Crippen LogP contribution in [0.3, 0.4) is 0 Å². The van der Waals surface area contributed by atoms with Gasteiger partial charge in [-0.25, -0.2) is 4.79 Å². The largest absolute Gasteiger partial charge is 0.326 e. The Bertz CT molecular complexity index is 815. The SMILES string of the molecule is CCc1ccc(NC(=O)N[C@@H](C(=O)N2CCc3ccccc32)C(C)C)cc1.